The minimum Gasteiger partial charge on any atom is -0.339 e. The van der Waals surface area contributed by atoms with Gasteiger partial charge in [0.1, 0.15) is 0 Å². The highest BCUT2D eigenvalue weighted by Gasteiger charge is 2.28. The molecule has 2 unspecified atom stereocenters. The van der Waals surface area contributed by atoms with Crippen LogP contribution in [0.2, 0.25) is 5.02 Å². The molecule has 5 nitrogen and oxygen atoms in total. The molecule has 0 aromatic heterocycles. The zero-order valence-corrected chi connectivity index (χ0v) is 17.4. The van der Waals surface area contributed by atoms with Gasteiger partial charge in [-0.15, -0.1) is 12.4 Å². The number of carbonyl (C=O) groups is 2. The van der Waals surface area contributed by atoms with Gasteiger partial charge in [-0.1, -0.05) is 24.6 Å². The molecule has 0 radical (unpaired) electrons. The summed E-state index contributed by atoms with van der Waals surface area (Å²) in [6.07, 6.45) is 3.02. The molecule has 1 N–H and O–H groups in total. The van der Waals surface area contributed by atoms with E-state index in [2.05, 4.69) is 12.2 Å². The molecule has 1 aromatic carbocycles. The average molecular weight is 414 g/mol. The molecule has 2 atom stereocenters. The molecule has 7 heteroatoms. The van der Waals surface area contributed by atoms with Gasteiger partial charge in [0, 0.05) is 43.2 Å². The predicted molar refractivity (Wildman–Crippen MR) is 111 cm³/mol. The Kier molecular flexibility index (Phi) is 8.39. The van der Waals surface area contributed by atoms with Crippen molar-refractivity contribution in [2.45, 2.75) is 26.2 Å². The van der Waals surface area contributed by atoms with Gasteiger partial charge in [0.25, 0.3) is 5.91 Å². The Hall–Kier alpha value is -1.30. The van der Waals surface area contributed by atoms with Crippen LogP contribution in [0.3, 0.4) is 0 Å². The summed E-state index contributed by atoms with van der Waals surface area (Å²) in [5, 5.41) is 3.99. The zero-order valence-electron chi connectivity index (χ0n) is 15.8. The Balaban J connectivity index is 0.00000261. The summed E-state index contributed by atoms with van der Waals surface area (Å²) in [5.74, 6) is 1.21. The molecule has 2 amide bonds. The first kappa shape index (κ1) is 22.0. The van der Waals surface area contributed by atoms with E-state index in [1.54, 1.807) is 24.3 Å². The normalized spacial score (nSPS) is 21.3. The number of hydrogen-bond acceptors (Lipinski definition) is 3. The molecule has 1 aromatic rings. The molecule has 0 spiro atoms. The van der Waals surface area contributed by atoms with Crippen LogP contribution in [-0.4, -0.2) is 60.9 Å². The van der Waals surface area contributed by atoms with Crippen molar-refractivity contribution in [3.05, 3.63) is 34.9 Å². The van der Waals surface area contributed by atoms with Gasteiger partial charge < -0.3 is 15.1 Å². The molecular formula is C20H29Cl2N3O2. The van der Waals surface area contributed by atoms with Gasteiger partial charge >= 0.3 is 0 Å². The van der Waals surface area contributed by atoms with E-state index in [1.165, 1.54) is 12.8 Å². The van der Waals surface area contributed by atoms with E-state index in [0.717, 1.165) is 13.1 Å². The summed E-state index contributed by atoms with van der Waals surface area (Å²) in [4.78, 5) is 28.9. The van der Waals surface area contributed by atoms with Crippen molar-refractivity contribution in [3.8, 4) is 0 Å². The van der Waals surface area contributed by atoms with Crippen molar-refractivity contribution >= 4 is 35.8 Å². The summed E-state index contributed by atoms with van der Waals surface area (Å²) in [6.45, 7) is 6.69. The van der Waals surface area contributed by atoms with Crippen LogP contribution >= 0.6 is 24.0 Å². The molecule has 0 aliphatic carbocycles. The number of piperidine rings is 1. The van der Waals surface area contributed by atoms with Crippen LogP contribution in [0.1, 0.15) is 36.5 Å². The molecule has 2 aliphatic heterocycles. The molecule has 2 aliphatic rings. The maximum atomic E-state index is 12.6. The lowest BCUT2D eigenvalue weighted by Gasteiger charge is -2.36. The summed E-state index contributed by atoms with van der Waals surface area (Å²) in [7, 11) is 0. The molecule has 2 saturated heterocycles. The monoisotopic (exact) mass is 413 g/mol. The quantitative estimate of drug-likeness (QED) is 0.824. The summed E-state index contributed by atoms with van der Waals surface area (Å²) >= 11 is 5.98. The highest BCUT2D eigenvalue weighted by Crippen LogP contribution is 2.23. The molecular weight excluding hydrogens is 385 g/mol. The van der Waals surface area contributed by atoms with Crippen LogP contribution in [0, 0.1) is 11.8 Å². The Morgan fingerprint density at radius 1 is 1.22 bits per heavy atom. The maximum absolute atomic E-state index is 12.6. The number of nitrogens with one attached hydrogen (secondary N) is 1. The standard InChI is InChI=1S/C20H28ClN3O2.ClH/c1-15(17-5-3-7-22-14-17)12-19(25)23-8-10-24(11-9-23)20(26)16-4-2-6-18(21)13-16;/h2,4,6,13,15,17,22H,3,5,7-12,14H2,1H3;1H. The molecule has 2 heterocycles. The summed E-state index contributed by atoms with van der Waals surface area (Å²) in [6, 6.07) is 7.03. The fraction of sp³-hybridized carbons (Fsp3) is 0.600. The fourth-order valence-electron chi connectivity index (χ4n) is 3.90. The first-order valence-electron chi connectivity index (χ1n) is 9.58. The third kappa shape index (κ3) is 5.84. The van der Waals surface area contributed by atoms with Gasteiger partial charge in [-0.3, -0.25) is 9.59 Å². The third-order valence-corrected chi connectivity index (χ3v) is 5.86. The summed E-state index contributed by atoms with van der Waals surface area (Å²) in [5.41, 5.74) is 0.607. The van der Waals surface area contributed by atoms with Crippen LogP contribution < -0.4 is 5.32 Å². The second-order valence-electron chi connectivity index (χ2n) is 7.47. The van der Waals surface area contributed by atoms with Crippen molar-refractivity contribution in [2.24, 2.45) is 11.8 Å². The number of hydrogen-bond donors (Lipinski definition) is 1. The van der Waals surface area contributed by atoms with Crippen LogP contribution in [0.4, 0.5) is 0 Å². The van der Waals surface area contributed by atoms with Crippen LogP contribution in [0.25, 0.3) is 0 Å². The van der Waals surface area contributed by atoms with Gasteiger partial charge in [0.05, 0.1) is 0 Å². The van der Waals surface area contributed by atoms with Crippen molar-refractivity contribution in [1.29, 1.82) is 0 Å². The zero-order chi connectivity index (χ0) is 18.5. The number of rotatable bonds is 4. The molecule has 0 saturated carbocycles. The number of benzene rings is 1. The van der Waals surface area contributed by atoms with Crippen molar-refractivity contribution in [2.75, 3.05) is 39.3 Å². The average Bonchev–Trinajstić information content (AvgIpc) is 2.68. The van der Waals surface area contributed by atoms with Gasteiger partial charge in [0.2, 0.25) is 5.91 Å². The molecule has 27 heavy (non-hydrogen) atoms. The van der Waals surface area contributed by atoms with Gasteiger partial charge in [-0.25, -0.2) is 0 Å². The lowest BCUT2D eigenvalue weighted by Crippen LogP contribution is -2.51. The number of piperazine rings is 1. The smallest absolute Gasteiger partial charge is 0.254 e. The van der Waals surface area contributed by atoms with E-state index in [1.807, 2.05) is 9.80 Å². The highest BCUT2D eigenvalue weighted by molar-refractivity contribution is 6.30. The molecule has 0 bridgehead atoms. The summed E-state index contributed by atoms with van der Waals surface area (Å²) < 4.78 is 0. The lowest BCUT2D eigenvalue weighted by atomic mass is 9.85. The Bertz CT molecular complexity index is 642. The van der Waals surface area contributed by atoms with Crippen molar-refractivity contribution in [3.63, 3.8) is 0 Å². The van der Waals surface area contributed by atoms with E-state index in [9.17, 15) is 9.59 Å². The number of halogens is 2. The van der Waals surface area contributed by atoms with Crippen LogP contribution in [0.15, 0.2) is 24.3 Å². The van der Waals surface area contributed by atoms with E-state index in [4.69, 9.17) is 11.6 Å². The van der Waals surface area contributed by atoms with Crippen LogP contribution in [-0.2, 0) is 4.79 Å². The Labute approximate surface area is 172 Å². The molecule has 150 valence electrons. The fourth-order valence-corrected chi connectivity index (χ4v) is 4.09. The van der Waals surface area contributed by atoms with Crippen molar-refractivity contribution < 1.29 is 9.59 Å². The lowest BCUT2D eigenvalue weighted by molar-refractivity contribution is -0.134. The first-order chi connectivity index (χ1) is 12.5. The minimum absolute atomic E-state index is 0. The Morgan fingerprint density at radius 3 is 2.56 bits per heavy atom. The molecule has 2 fully saturated rings. The van der Waals surface area contributed by atoms with Gasteiger partial charge in [0.15, 0.2) is 0 Å². The van der Waals surface area contributed by atoms with E-state index < -0.39 is 0 Å². The number of amides is 2. The first-order valence-corrected chi connectivity index (χ1v) is 9.95. The highest BCUT2D eigenvalue weighted by atomic mass is 35.5. The van der Waals surface area contributed by atoms with E-state index in [0.29, 0.717) is 55.0 Å². The maximum Gasteiger partial charge on any atom is 0.254 e. The van der Waals surface area contributed by atoms with E-state index >= 15 is 0 Å². The molecule has 3 rings (SSSR count). The topological polar surface area (TPSA) is 52.7 Å². The van der Waals surface area contributed by atoms with Gasteiger partial charge in [-0.05, 0) is 56.0 Å². The van der Waals surface area contributed by atoms with Crippen LogP contribution in [0.5, 0.6) is 0 Å². The number of nitrogens with zero attached hydrogens (tertiary/aromatic N) is 2. The second kappa shape index (κ2) is 10.3. The minimum atomic E-state index is -0.0127. The third-order valence-electron chi connectivity index (χ3n) is 5.63. The largest absolute Gasteiger partial charge is 0.339 e. The second-order valence-corrected chi connectivity index (χ2v) is 7.91. The van der Waals surface area contributed by atoms with Crippen molar-refractivity contribution in [1.82, 2.24) is 15.1 Å². The number of carbonyl (C=O) groups excluding carboxylic acids is 2. The Morgan fingerprint density at radius 2 is 1.93 bits per heavy atom. The predicted octanol–water partition coefficient (Wildman–Crippen LogP) is 3.07. The SMILES string of the molecule is CC(CC(=O)N1CCN(C(=O)c2cccc(Cl)c2)CC1)C1CCCNC1.Cl. The van der Waals surface area contributed by atoms with E-state index in [-0.39, 0.29) is 24.2 Å². The van der Waals surface area contributed by atoms with Gasteiger partial charge in [-0.2, -0.15) is 0 Å².